The first kappa shape index (κ1) is 29.2. The Morgan fingerprint density at radius 2 is 1.79 bits per heavy atom. The van der Waals surface area contributed by atoms with Crippen molar-refractivity contribution < 1.29 is 24.5 Å². The van der Waals surface area contributed by atoms with Crippen LogP contribution in [0.4, 0.5) is 0 Å². The fourth-order valence-electron chi connectivity index (χ4n) is 5.60. The zero-order valence-electron chi connectivity index (χ0n) is 23.5. The van der Waals surface area contributed by atoms with E-state index in [1.807, 2.05) is 30.5 Å². The van der Waals surface area contributed by atoms with Crippen molar-refractivity contribution in [2.24, 2.45) is 5.92 Å². The van der Waals surface area contributed by atoms with Crippen molar-refractivity contribution in [2.45, 2.75) is 89.8 Å². The van der Waals surface area contributed by atoms with Crippen molar-refractivity contribution in [1.29, 1.82) is 0 Å². The number of rotatable bonds is 16. The summed E-state index contributed by atoms with van der Waals surface area (Å²) in [5, 5.41) is 34.3. The molecular formula is C32H46N2O5. The molecular weight excluding hydrogens is 492 g/mol. The number of nitrogens with one attached hydrogen (secondary N) is 2. The van der Waals surface area contributed by atoms with Crippen LogP contribution in [-0.2, 0) is 19.3 Å². The average molecular weight is 539 g/mol. The molecule has 7 heteroatoms. The van der Waals surface area contributed by atoms with Crippen LogP contribution < -0.4 is 10.1 Å². The lowest BCUT2D eigenvalue weighted by Gasteiger charge is -2.23. The van der Waals surface area contributed by atoms with Crippen LogP contribution in [0.2, 0.25) is 0 Å². The molecule has 5 N–H and O–H groups in total. The van der Waals surface area contributed by atoms with Gasteiger partial charge in [0.25, 0.3) is 0 Å². The maximum absolute atomic E-state index is 10.9. The number of ether oxygens (including phenoxy) is 1. The second kappa shape index (κ2) is 14.6. The molecule has 7 nitrogen and oxygen atoms in total. The van der Waals surface area contributed by atoms with Crippen LogP contribution in [-0.4, -0.2) is 46.1 Å². The summed E-state index contributed by atoms with van der Waals surface area (Å²) in [6.07, 6.45) is 10.5. The summed E-state index contributed by atoms with van der Waals surface area (Å²) in [5.41, 5.74) is 2.92. The molecule has 0 amide bonds. The zero-order chi connectivity index (χ0) is 27.6. The Balaban J connectivity index is 1.32. The zero-order valence-corrected chi connectivity index (χ0v) is 23.5. The minimum absolute atomic E-state index is 0.0321. The number of H-pyrrole nitrogens is 1. The van der Waals surface area contributed by atoms with Crippen LogP contribution in [0.5, 0.6) is 11.5 Å². The van der Waals surface area contributed by atoms with E-state index in [-0.39, 0.29) is 18.5 Å². The van der Waals surface area contributed by atoms with Gasteiger partial charge in [0.1, 0.15) is 24.2 Å². The molecule has 3 aromatic rings. The number of furan rings is 1. The summed E-state index contributed by atoms with van der Waals surface area (Å²) in [7, 11) is 0. The van der Waals surface area contributed by atoms with Crippen molar-refractivity contribution in [2.75, 3.05) is 19.7 Å². The number of hydrogen-bond donors (Lipinski definition) is 5. The van der Waals surface area contributed by atoms with Gasteiger partial charge in [-0.25, -0.2) is 0 Å². The van der Waals surface area contributed by atoms with Gasteiger partial charge in [-0.3, -0.25) is 0 Å². The predicted molar refractivity (Wildman–Crippen MR) is 153 cm³/mol. The van der Waals surface area contributed by atoms with Crippen LogP contribution in [0.25, 0.3) is 0 Å². The van der Waals surface area contributed by atoms with Crippen LogP contribution in [0.1, 0.15) is 92.7 Å². The molecule has 1 aromatic carbocycles. The van der Waals surface area contributed by atoms with Crippen LogP contribution in [0.15, 0.2) is 47.0 Å². The van der Waals surface area contributed by atoms with Crippen molar-refractivity contribution >= 4 is 0 Å². The highest BCUT2D eigenvalue weighted by molar-refractivity contribution is 5.42. The largest absolute Gasteiger partial charge is 0.504 e. The smallest absolute Gasteiger partial charge is 0.161 e. The first-order valence-corrected chi connectivity index (χ1v) is 14.7. The van der Waals surface area contributed by atoms with Gasteiger partial charge in [-0.15, -0.1) is 0 Å². The van der Waals surface area contributed by atoms with Crippen LogP contribution >= 0.6 is 0 Å². The molecule has 0 aliphatic heterocycles. The van der Waals surface area contributed by atoms with Crippen molar-refractivity contribution in [3.63, 3.8) is 0 Å². The van der Waals surface area contributed by atoms with Gasteiger partial charge in [0.05, 0.1) is 6.10 Å². The van der Waals surface area contributed by atoms with Gasteiger partial charge in [-0.05, 0) is 80.0 Å². The molecule has 39 heavy (non-hydrogen) atoms. The number of phenols is 1. The maximum atomic E-state index is 10.9. The molecule has 2 heterocycles. The number of aryl methyl sites for hydroxylation is 3. The van der Waals surface area contributed by atoms with E-state index >= 15 is 0 Å². The number of aromatic hydroxyl groups is 1. The van der Waals surface area contributed by atoms with Crippen molar-refractivity contribution in [3.8, 4) is 11.5 Å². The maximum Gasteiger partial charge on any atom is 0.161 e. The quantitative estimate of drug-likeness (QED) is 0.158. The third kappa shape index (κ3) is 8.62. The summed E-state index contributed by atoms with van der Waals surface area (Å²) >= 11 is 0. The number of benzene rings is 1. The molecule has 3 atom stereocenters. The van der Waals surface area contributed by atoms with E-state index in [1.165, 1.54) is 31.2 Å². The molecule has 4 rings (SSSR count). The first-order valence-electron chi connectivity index (χ1n) is 14.7. The first-order chi connectivity index (χ1) is 18.9. The number of aromatic nitrogens is 1. The lowest BCUT2D eigenvalue weighted by atomic mass is 9.86. The molecule has 1 aliphatic carbocycles. The number of phenolic OH excluding ortho intramolecular Hbond substituents is 1. The molecule has 0 bridgehead atoms. The summed E-state index contributed by atoms with van der Waals surface area (Å²) in [5.74, 6) is 3.37. The Morgan fingerprint density at radius 1 is 1.03 bits per heavy atom. The Kier molecular flexibility index (Phi) is 10.9. The third-order valence-corrected chi connectivity index (χ3v) is 7.86. The van der Waals surface area contributed by atoms with Gasteiger partial charge in [-0.1, -0.05) is 32.3 Å². The Hall–Kier alpha value is -2.74. The Bertz CT molecular complexity index is 1130. The SMILES string of the molecule is CCCCc1ccc(CCc2ccc(O)c(OC[C@H](O)c3cc([C@H](CNC[C@H](C)O)C4CCCC4)c[nH]3)c2)o1. The van der Waals surface area contributed by atoms with Gasteiger partial charge < -0.3 is 34.8 Å². The van der Waals surface area contributed by atoms with E-state index in [2.05, 4.69) is 23.3 Å². The molecule has 0 saturated heterocycles. The van der Waals surface area contributed by atoms with Crippen molar-refractivity contribution in [1.82, 2.24) is 10.3 Å². The van der Waals surface area contributed by atoms with Crippen LogP contribution in [0.3, 0.4) is 0 Å². The molecule has 0 spiro atoms. The summed E-state index contributed by atoms with van der Waals surface area (Å²) in [4.78, 5) is 3.24. The Labute approximate surface area is 232 Å². The topological polar surface area (TPSA) is 111 Å². The second-order valence-electron chi connectivity index (χ2n) is 11.1. The summed E-state index contributed by atoms with van der Waals surface area (Å²) in [6, 6.07) is 11.5. The third-order valence-electron chi connectivity index (χ3n) is 7.86. The molecule has 1 saturated carbocycles. The highest BCUT2D eigenvalue weighted by atomic mass is 16.5. The fraction of sp³-hybridized carbons (Fsp3) is 0.562. The number of aliphatic hydroxyl groups is 2. The van der Waals surface area contributed by atoms with Gasteiger partial charge >= 0.3 is 0 Å². The van der Waals surface area contributed by atoms with E-state index in [0.29, 0.717) is 29.8 Å². The lowest BCUT2D eigenvalue weighted by molar-refractivity contribution is 0.103. The second-order valence-corrected chi connectivity index (χ2v) is 11.1. The normalized spacial score (nSPS) is 16.4. The number of aliphatic hydroxyl groups excluding tert-OH is 2. The predicted octanol–water partition coefficient (Wildman–Crippen LogP) is 5.80. The summed E-state index contributed by atoms with van der Waals surface area (Å²) in [6.45, 7) is 5.37. The standard InChI is InChI=1S/C32H46N2O5/c1-3-4-9-26-13-14-27(39-26)12-10-23-11-15-30(36)32(16-23)38-21-31(37)29-17-25(19-34-29)28(20-33-18-22(2)35)24-7-5-6-8-24/h11,13-17,19,22,24,28,31,33-37H,3-10,12,18,20-21H2,1-2H3/t22-,28+,31-/m0/s1. The number of unbranched alkanes of at least 4 members (excludes halogenated alkanes) is 1. The lowest BCUT2D eigenvalue weighted by Crippen LogP contribution is -2.31. The summed E-state index contributed by atoms with van der Waals surface area (Å²) < 4.78 is 11.8. The Morgan fingerprint density at radius 3 is 2.54 bits per heavy atom. The van der Waals surface area contributed by atoms with Crippen LogP contribution in [0, 0.1) is 5.92 Å². The van der Waals surface area contributed by atoms with E-state index in [0.717, 1.165) is 55.7 Å². The highest BCUT2D eigenvalue weighted by Crippen LogP contribution is 2.38. The van der Waals surface area contributed by atoms with Gasteiger partial charge in [0, 0.05) is 43.7 Å². The molecule has 214 valence electrons. The fourth-order valence-corrected chi connectivity index (χ4v) is 5.60. The number of aromatic amines is 1. The molecule has 2 aromatic heterocycles. The van der Waals surface area contributed by atoms with E-state index < -0.39 is 6.10 Å². The van der Waals surface area contributed by atoms with E-state index in [4.69, 9.17) is 9.15 Å². The molecule has 0 radical (unpaired) electrons. The van der Waals surface area contributed by atoms with Gasteiger partial charge in [0.15, 0.2) is 11.5 Å². The minimum atomic E-state index is -0.846. The molecule has 0 unspecified atom stereocenters. The molecule has 1 fully saturated rings. The molecule has 1 aliphatic rings. The average Bonchev–Trinajstić information content (AvgIpc) is 3.71. The highest BCUT2D eigenvalue weighted by Gasteiger charge is 2.27. The van der Waals surface area contributed by atoms with Gasteiger partial charge in [0.2, 0.25) is 0 Å². The van der Waals surface area contributed by atoms with Crippen molar-refractivity contribution in [3.05, 3.63) is 70.9 Å². The number of hydrogen-bond acceptors (Lipinski definition) is 6. The van der Waals surface area contributed by atoms with E-state index in [1.54, 1.807) is 13.0 Å². The van der Waals surface area contributed by atoms with E-state index in [9.17, 15) is 15.3 Å². The van der Waals surface area contributed by atoms with Gasteiger partial charge in [-0.2, -0.15) is 0 Å². The minimum Gasteiger partial charge on any atom is -0.504 e. The monoisotopic (exact) mass is 538 g/mol.